The van der Waals surface area contributed by atoms with Gasteiger partial charge in [0, 0.05) is 35.6 Å². The molecule has 1 aromatic heterocycles. The van der Waals surface area contributed by atoms with Gasteiger partial charge >= 0.3 is 6.01 Å². The summed E-state index contributed by atoms with van der Waals surface area (Å²) in [5.41, 5.74) is 2.39. The van der Waals surface area contributed by atoms with E-state index in [2.05, 4.69) is 15.3 Å². The third-order valence-corrected chi connectivity index (χ3v) is 4.35. The smallest absolute Gasteiger partial charge is 0.321 e. The van der Waals surface area contributed by atoms with Gasteiger partial charge in [0.1, 0.15) is 11.5 Å². The van der Waals surface area contributed by atoms with E-state index in [0.29, 0.717) is 17.1 Å². The van der Waals surface area contributed by atoms with Crippen LogP contribution in [0.15, 0.2) is 60.9 Å². The summed E-state index contributed by atoms with van der Waals surface area (Å²) in [7, 11) is 1.60. The summed E-state index contributed by atoms with van der Waals surface area (Å²) in [6.07, 6.45) is 4.28. The Kier molecular flexibility index (Phi) is 6.22. The highest BCUT2D eigenvalue weighted by atomic mass is 16.5. The van der Waals surface area contributed by atoms with E-state index in [0.717, 1.165) is 17.5 Å². The quantitative estimate of drug-likeness (QED) is 0.657. The number of rotatable bonds is 7. The monoisotopic (exact) mass is 377 g/mol. The van der Waals surface area contributed by atoms with Gasteiger partial charge in [-0.2, -0.15) is 0 Å². The number of amides is 1. The number of aromatic nitrogens is 2. The van der Waals surface area contributed by atoms with Gasteiger partial charge in [-0.05, 0) is 43.2 Å². The molecule has 0 bridgehead atoms. The SMILES string of the molecule is CC[C@@H](C)NC(=O)c1ccc(-c2cnc(Oc3cccc(OC)c3)nc2)cc1. The van der Waals surface area contributed by atoms with Crippen LogP contribution in [0.4, 0.5) is 0 Å². The fourth-order valence-electron chi connectivity index (χ4n) is 2.51. The molecule has 3 rings (SSSR count). The van der Waals surface area contributed by atoms with Gasteiger partial charge < -0.3 is 14.8 Å². The number of benzene rings is 2. The zero-order valence-electron chi connectivity index (χ0n) is 16.2. The summed E-state index contributed by atoms with van der Waals surface area (Å²) < 4.78 is 10.8. The van der Waals surface area contributed by atoms with Gasteiger partial charge in [-0.15, -0.1) is 0 Å². The van der Waals surface area contributed by atoms with E-state index < -0.39 is 0 Å². The molecule has 0 aliphatic carbocycles. The Balaban J connectivity index is 1.68. The van der Waals surface area contributed by atoms with Crippen molar-refractivity contribution in [3.05, 3.63) is 66.5 Å². The molecule has 28 heavy (non-hydrogen) atoms. The van der Waals surface area contributed by atoms with Crippen LogP contribution in [0.25, 0.3) is 11.1 Å². The first-order chi connectivity index (χ1) is 13.6. The van der Waals surface area contributed by atoms with Crippen molar-refractivity contribution in [3.63, 3.8) is 0 Å². The number of hydrogen-bond donors (Lipinski definition) is 1. The summed E-state index contributed by atoms with van der Waals surface area (Å²) in [5, 5.41) is 2.95. The van der Waals surface area contributed by atoms with Crippen molar-refractivity contribution in [2.45, 2.75) is 26.3 Å². The molecular formula is C22H23N3O3. The lowest BCUT2D eigenvalue weighted by molar-refractivity contribution is 0.0939. The first-order valence-corrected chi connectivity index (χ1v) is 9.14. The van der Waals surface area contributed by atoms with E-state index in [4.69, 9.17) is 9.47 Å². The predicted octanol–water partition coefficient (Wildman–Crippen LogP) is 4.47. The molecular weight excluding hydrogens is 354 g/mol. The van der Waals surface area contributed by atoms with Crippen LogP contribution in [0.3, 0.4) is 0 Å². The van der Waals surface area contributed by atoms with E-state index in [1.807, 2.05) is 44.2 Å². The Morgan fingerprint density at radius 1 is 1.04 bits per heavy atom. The molecule has 0 saturated heterocycles. The Bertz CT molecular complexity index is 925. The van der Waals surface area contributed by atoms with Gasteiger partial charge in [0.15, 0.2) is 0 Å². The lowest BCUT2D eigenvalue weighted by atomic mass is 10.1. The van der Waals surface area contributed by atoms with Crippen molar-refractivity contribution < 1.29 is 14.3 Å². The number of hydrogen-bond acceptors (Lipinski definition) is 5. The molecule has 0 aliphatic heterocycles. The molecule has 2 aromatic carbocycles. The first-order valence-electron chi connectivity index (χ1n) is 9.14. The Labute approximate surface area is 164 Å². The average molecular weight is 377 g/mol. The summed E-state index contributed by atoms with van der Waals surface area (Å²) in [6, 6.07) is 15.0. The second-order valence-electron chi connectivity index (χ2n) is 6.40. The molecule has 3 aromatic rings. The van der Waals surface area contributed by atoms with Crippen LogP contribution in [0.1, 0.15) is 30.6 Å². The van der Waals surface area contributed by atoms with Gasteiger partial charge in [-0.25, -0.2) is 9.97 Å². The van der Waals surface area contributed by atoms with Gasteiger partial charge in [-0.1, -0.05) is 25.1 Å². The van der Waals surface area contributed by atoms with Crippen molar-refractivity contribution in [3.8, 4) is 28.6 Å². The minimum Gasteiger partial charge on any atom is -0.497 e. The average Bonchev–Trinajstić information content (AvgIpc) is 2.74. The van der Waals surface area contributed by atoms with Crippen LogP contribution in [-0.2, 0) is 0 Å². The van der Waals surface area contributed by atoms with Gasteiger partial charge in [-0.3, -0.25) is 4.79 Å². The number of nitrogens with zero attached hydrogens (tertiary/aromatic N) is 2. The fraction of sp³-hybridized carbons (Fsp3) is 0.227. The molecule has 1 heterocycles. The zero-order chi connectivity index (χ0) is 19.9. The number of carbonyl (C=O) groups is 1. The lowest BCUT2D eigenvalue weighted by Crippen LogP contribution is -2.31. The Hall–Kier alpha value is -3.41. The molecule has 1 N–H and O–H groups in total. The van der Waals surface area contributed by atoms with Crippen molar-refractivity contribution in [2.75, 3.05) is 7.11 Å². The minimum atomic E-state index is -0.0702. The maximum absolute atomic E-state index is 12.2. The van der Waals surface area contributed by atoms with Crippen LogP contribution in [-0.4, -0.2) is 29.0 Å². The topological polar surface area (TPSA) is 73.3 Å². The maximum atomic E-state index is 12.2. The molecule has 0 spiro atoms. The molecule has 0 fully saturated rings. The van der Waals surface area contributed by atoms with Gasteiger partial charge in [0.2, 0.25) is 0 Å². The van der Waals surface area contributed by atoms with E-state index in [1.54, 1.807) is 37.7 Å². The van der Waals surface area contributed by atoms with Gasteiger partial charge in [0.25, 0.3) is 5.91 Å². The molecule has 6 nitrogen and oxygen atoms in total. The second-order valence-corrected chi connectivity index (χ2v) is 6.40. The normalized spacial score (nSPS) is 11.5. The highest BCUT2D eigenvalue weighted by molar-refractivity contribution is 5.94. The van der Waals surface area contributed by atoms with Crippen LogP contribution in [0.5, 0.6) is 17.5 Å². The summed E-state index contributed by atoms with van der Waals surface area (Å²) in [4.78, 5) is 20.7. The summed E-state index contributed by atoms with van der Waals surface area (Å²) in [6.45, 7) is 4.02. The minimum absolute atomic E-state index is 0.0702. The highest BCUT2D eigenvalue weighted by Crippen LogP contribution is 2.24. The molecule has 0 unspecified atom stereocenters. The van der Waals surface area contributed by atoms with Crippen molar-refractivity contribution in [2.24, 2.45) is 0 Å². The Morgan fingerprint density at radius 3 is 2.36 bits per heavy atom. The van der Waals surface area contributed by atoms with E-state index >= 15 is 0 Å². The van der Waals surface area contributed by atoms with Crippen LogP contribution in [0, 0.1) is 0 Å². The van der Waals surface area contributed by atoms with Crippen molar-refractivity contribution >= 4 is 5.91 Å². The first kappa shape index (κ1) is 19.4. The second kappa shape index (κ2) is 8.99. The number of ether oxygens (including phenoxy) is 2. The van der Waals surface area contributed by atoms with Crippen LogP contribution >= 0.6 is 0 Å². The van der Waals surface area contributed by atoms with E-state index in [1.165, 1.54) is 0 Å². The van der Waals surface area contributed by atoms with Crippen LogP contribution in [0.2, 0.25) is 0 Å². The van der Waals surface area contributed by atoms with Crippen molar-refractivity contribution in [1.29, 1.82) is 0 Å². The molecule has 0 saturated carbocycles. The third kappa shape index (κ3) is 4.85. The molecule has 6 heteroatoms. The standard InChI is InChI=1S/C22H23N3O3/c1-4-15(2)25-21(26)17-10-8-16(9-11-17)18-13-23-22(24-14-18)28-20-7-5-6-19(12-20)27-3/h5-15H,4H2,1-3H3,(H,25,26)/t15-/m1/s1. The largest absolute Gasteiger partial charge is 0.497 e. The molecule has 0 radical (unpaired) electrons. The fourth-order valence-corrected chi connectivity index (χ4v) is 2.51. The molecule has 144 valence electrons. The van der Waals surface area contributed by atoms with Gasteiger partial charge in [0.05, 0.1) is 7.11 Å². The Morgan fingerprint density at radius 2 is 1.71 bits per heavy atom. The van der Waals surface area contributed by atoms with E-state index in [9.17, 15) is 4.79 Å². The zero-order valence-corrected chi connectivity index (χ0v) is 16.2. The van der Waals surface area contributed by atoms with E-state index in [-0.39, 0.29) is 18.0 Å². The number of carbonyl (C=O) groups excluding carboxylic acids is 1. The summed E-state index contributed by atoms with van der Waals surface area (Å²) >= 11 is 0. The number of nitrogens with one attached hydrogen (secondary N) is 1. The highest BCUT2D eigenvalue weighted by Gasteiger charge is 2.09. The van der Waals surface area contributed by atoms with Crippen molar-refractivity contribution in [1.82, 2.24) is 15.3 Å². The third-order valence-electron chi connectivity index (χ3n) is 4.35. The summed E-state index contributed by atoms with van der Waals surface area (Å²) in [5.74, 6) is 1.23. The molecule has 1 atom stereocenters. The molecule has 1 amide bonds. The maximum Gasteiger partial charge on any atom is 0.321 e. The predicted molar refractivity (Wildman–Crippen MR) is 108 cm³/mol. The molecule has 0 aliphatic rings. The lowest BCUT2D eigenvalue weighted by Gasteiger charge is -2.11. The number of methoxy groups -OCH3 is 1. The van der Waals surface area contributed by atoms with Crippen LogP contribution < -0.4 is 14.8 Å².